The first kappa shape index (κ1) is 31.1. The Morgan fingerprint density at radius 2 is 1.26 bits per heavy atom. The molecule has 0 aliphatic carbocycles. The van der Waals surface area contributed by atoms with Crippen LogP contribution in [-0.4, -0.2) is 104 Å². The molecule has 0 saturated heterocycles. The molecule has 43 heavy (non-hydrogen) atoms. The maximum Gasteiger partial charge on any atom is 0.313 e. The number of carbonyl (C=O) groups is 2. The summed E-state index contributed by atoms with van der Waals surface area (Å²) in [6, 6.07) is 6.00. The highest BCUT2D eigenvalue weighted by molar-refractivity contribution is 8.00. The molecule has 2 aromatic carbocycles. The molecule has 16 nitrogen and oxygen atoms in total. The van der Waals surface area contributed by atoms with Gasteiger partial charge in [-0.1, -0.05) is 23.5 Å². The summed E-state index contributed by atoms with van der Waals surface area (Å²) < 4.78 is 28.2. The first-order chi connectivity index (χ1) is 20.7. The zero-order valence-electron chi connectivity index (χ0n) is 22.9. The lowest BCUT2D eigenvalue weighted by atomic mass is 10.1. The summed E-state index contributed by atoms with van der Waals surface area (Å²) >= 11 is 1.90. The number of carboxylic acids is 2. The minimum atomic E-state index is -1.01. The zero-order chi connectivity index (χ0) is 30.9. The zero-order valence-corrected chi connectivity index (χ0v) is 24.6. The van der Waals surface area contributed by atoms with E-state index in [1.54, 1.807) is 12.1 Å². The number of aromatic nitrogens is 6. The number of hydrogen-bond donors (Lipinski definition) is 5. The van der Waals surface area contributed by atoms with Crippen molar-refractivity contribution >= 4 is 35.5 Å². The summed E-state index contributed by atoms with van der Waals surface area (Å²) in [7, 11) is 4.36. The van der Waals surface area contributed by atoms with Crippen LogP contribution in [0, 0.1) is 0 Å². The number of methoxy groups -OCH3 is 3. The van der Waals surface area contributed by atoms with E-state index in [0.717, 1.165) is 23.5 Å². The lowest BCUT2D eigenvalue weighted by molar-refractivity contribution is -0.134. The monoisotopic (exact) mass is 634 g/mol. The number of nitrogens with one attached hydrogen (secondary N) is 2. The van der Waals surface area contributed by atoms with Crippen molar-refractivity contribution in [1.29, 1.82) is 0 Å². The Morgan fingerprint density at radius 1 is 0.721 bits per heavy atom. The fourth-order valence-corrected chi connectivity index (χ4v) is 4.70. The molecule has 0 amide bonds. The predicted octanol–water partition coefficient (Wildman–Crippen LogP) is 2.80. The van der Waals surface area contributed by atoms with E-state index in [1.807, 2.05) is 0 Å². The molecule has 0 saturated carbocycles. The van der Waals surface area contributed by atoms with Gasteiger partial charge < -0.3 is 39.0 Å². The fourth-order valence-electron chi connectivity index (χ4n) is 3.66. The molecule has 5 N–H and O–H groups in total. The van der Waals surface area contributed by atoms with Crippen LogP contribution in [0.1, 0.15) is 0 Å². The number of H-pyrrole nitrogens is 2. The number of aliphatic carboxylic acids is 2. The molecule has 2 heterocycles. The highest BCUT2D eigenvalue weighted by Gasteiger charge is 2.21. The molecule has 228 valence electrons. The van der Waals surface area contributed by atoms with Gasteiger partial charge in [-0.05, 0) is 6.07 Å². The van der Waals surface area contributed by atoms with Crippen molar-refractivity contribution in [3.05, 3.63) is 24.3 Å². The van der Waals surface area contributed by atoms with Crippen molar-refractivity contribution in [2.45, 2.75) is 10.3 Å². The van der Waals surface area contributed by atoms with E-state index in [1.165, 1.54) is 33.5 Å². The van der Waals surface area contributed by atoms with Crippen molar-refractivity contribution in [1.82, 2.24) is 30.4 Å². The van der Waals surface area contributed by atoms with Crippen LogP contribution < -0.4 is 23.7 Å². The summed E-state index contributed by atoms with van der Waals surface area (Å²) in [6.07, 6.45) is 0. The normalized spacial score (nSPS) is 10.8. The number of rotatable bonds is 16. The van der Waals surface area contributed by atoms with E-state index < -0.39 is 11.9 Å². The van der Waals surface area contributed by atoms with Crippen LogP contribution in [0.15, 0.2) is 34.6 Å². The van der Waals surface area contributed by atoms with Crippen LogP contribution in [-0.2, 0) is 9.59 Å². The Bertz CT molecular complexity index is 1590. The Kier molecular flexibility index (Phi) is 10.4. The fraction of sp³-hybridized carbons (Fsp3) is 0.280. The van der Waals surface area contributed by atoms with Crippen LogP contribution in [0.5, 0.6) is 34.5 Å². The van der Waals surface area contributed by atoms with Crippen LogP contribution in [0.4, 0.5) is 0 Å². The van der Waals surface area contributed by atoms with Crippen LogP contribution in [0.2, 0.25) is 0 Å². The van der Waals surface area contributed by atoms with Gasteiger partial charge in [-0.15, -0.1) is 10.2 Å². The largest absolute Gasteiger partial charge is 0.508 e. The van der Waals surface area contributed by atoms with Gasteiger partial charge in [0.1, 0.15) is 41.8 Å². The molecule has 0 aliphatic rings. The second-order valence-electron chi connectivity index (χ2n) is 8.22. The standard InChI is InChI=1S/C25H26N6O10S2/c1-37-14-9-15(38-2)16(8-13(14)22-26-24(30-28-22)42-10-19(33)34)40-4-5-41-18-7-12(32)6-17(39-3)21(18)23-27-25(31-29-23)43-11-20(35)36/h6-9,32H,4-5,10-11H2,1-3H3,(H,33,34)(H,35,36)(H,26,28,30)(H,27,29,31). The van der Waals surface area contributed by atoms with E-state index >= 15 is 0 Å². The van der Waals surface area contributed by atoms with E-state index in [0.29, 0.717) is 34.2 Å². The first-order valence-corrected chi connectivity index (χ1v) is 14.2. The quantitative estimate of drug-likeness (QED) is 0.0882. The molecule has 0 fully saturated rings. The van der Waals surface area contributed by atoms with Gasteiger partial charge in [-0.2, -0.15) is 0 Å². The van der Waals surface area contributed by atoms with Gasteiger partial charge in [0.25, 0.3) is 0 Å². The maximum absolute atomic E-state index is 10.9. The molecule has 2 aromatic heterocycles. The summed E-state index contributed by atoms with van der Waals surface area (Å²) in [5.74, 6) is -0.387. The lowest BCUT2D eigenvalue weighted by Crippen LogP contribution is -2.11. The summed E-state index contributed by atoms with van der Waals surface area (Å²) in [5, 5.41) is 42.1. The molecule has 18 heteroatoms. The number of hydrogen-bond acceptors (Lipinski definition) is 14. The molecule has 0 aliphatic heterocycles. The van der Waals surface area contributed by atoms with Crippen molar-refractivity contribution in [3.63, 3.8) is 0 Å². The van der Waals surface area contributed by atoms with Gasteiger partial charge in [0.05, 0.1) is 38.4 Å². The smallest absolute Gasteiger partial charge is 0.313 e. The number of aromatic amines is 2. The number of thioether (sulfide) groups is 2. The number of phenols is 1. The Morgan fingerprint density at radius 3 is 1.84 bits per heavy atom. The average Bonchev–Trinajstić information content (AvgIpc) is 3.66. The number of ether oxygens (including phenoxy) is 5. The topological polar surface area (TPSA) is 224 Å². The minimum absolute atomic E-state index is 0.0111. The minimum Gasteiger partial charge on any atom is -0.508 e. The number of aromatic hydroxyl groups is 1. The molecule has 4 rings (SSSR count). The van der Waals surface area contributed by atoms with E-state index in [4.69, 9.17) is 33.9 Å². The number of phenolic OH excluding ortho intramolecular Hbond substituents is 1. The first-order valence-electron chi connectivity index (χ1n) is 12.2. The molecule has 0 spiro atoms. The SMILES string of the molecule is COc1cc(OC)c(-c2nc(SCC(=O)O)n[nH]2)cc1OCCOc1cc(O)cc(OC)c1-c1nc(SCC(=O)O)n[nH]1. The second kappa shape index (κ2) is 14.4. The van der Waals surface area contributed by atoms with Gasteiger partial charge >= 0.3 is 11.9 Å². The van der Waals surface area contributed by atoms with Crippen molar-refractivity contribution in [2.75, 3.05) is 46.0 Å². The van der Waals surface area contributed by atoms with Gasteiger partial charge in [-0.3, -0.25) is 19.8 Å². The molecule has 0 radical (unpaired) electrons. The Labute approximate surface area is 252 Å². The summed E-state index contributed by atoms with van der Waals surface area (Å²) in [5.41, 5.74) is 0.858. The molecule has 0 atom stereocenters. The molecule has 0 bridgehead atoms. The van der Waals surface area contributed by atoms with Crippen molar-refractivity contribution in [2.24, 2.45) is 0 Å². The van der Waals surface area contributed by atoms with Crippen LogP contribution >= 0.6 is 23.5 Å². The summed E-state index contributed by atoms with van der Waals surface area (Å²) in [6.45, 7) is 0.0446. The highest BCUT2D eigenvalue weighted by atomic mass is 32.2. The predicted molar refractivity (Wildman–Crippen MR) is 153 cm³/mol. The van der Waals surface area contributed by atoms with Gasteiger partial charge in [0.2, 0.25) is 10.3 Å². The maximum atomic E-state index is 10.9. The Balaban J connectivity index is 1.51. The summed E-state index contributed by atoms with van der Waals surface area (Å²) in [4.78, 5) is 30.4. The molecular weight excluding hydrogens is 608 g/mol. The van der Waals surface area contributed by atoms with Gasteiger partial charge in [-0.25, -0.2) is 9.97 Å². The van der Waals surface area contributed by atoms with E-state index in [2.05, 4.69) is 30.4 Å². The van der Waals surface area contributed by atoms with E-state index in [9.17, 15) is 14.7 Å². The molecule has 0 unspecified atom stereocenters. The van der Waals surface area contributed by atoms with Crippen LogP contribution in [0.25, 0.3) is 22.8 Å². The Hall–Kier alpha value is -4.84. The lowest BCUT2D eigenvalue weighted by Gasteiger charge is -2.16. The average molecular weight is 635 g/mol. The second-order valence-corrected chi connectivity index (χ2v) is 10.1. The number of carboxylic acid groups (broad SMARTS) is 2. The molecular formula is C25H26N6O10S2. The number of nitrogens with zero attached hydrogens (tertiary/aromatic N) is 4. The van der Waals surface area contributed by atoms with Crippen molar-refractivity contribution < 1.29 is 48.6 Å². The third kappa shape index (κ3) is 7.92. The van der Waals surface area contributed by atoms with Gasteiger partial charge in [0.15, 0.2) is 23.1 Å². The number of benzene rings is 2. The third-order valence-electron chi connectivity index (χ3n) is 5.43. The van der Waals surface area contributed by atoms with Crippen LogP contribution in [0.3, 0.4) is 0 Å². The van der Waals surface area contributed by atoms with Crippen molar-refractivity contribution in [3.8, 4) is 57.3 Å². The van der Waals surface area contributed by atoms with Gasteiger partial charge in [0, 0.05) is 18.2 Å². The van der Waals surface area contributed by atoms with E-state index in [-0.39, 0.29) is 58.1 Å². The third-order valence-corrected chi connectivity index (χ3v) is 7.09. The highest BCUT2D eigenvalue weighted by Crippen LogP contribution is 2.41. The molecule has 4 aromatic rings.